The Bertz CT molecular complexity index is 521. The van der Waals surface area contributed by atoms with E-state index >= 15 is 0 Å². The van der Waals surface area contributed by atoms with E-state index in [0.29, 0.717) is 11.1 Å². The number of carbonyl (C=O) groups excluding carboxylic acids is 1. The first-order chi connectivity index (χ1) is 10.1. The average molecular weight is 286 g/mol. The van der Waals surface area contributed by atoms with E-state index in [9.17, 15) is 9.90 Å². The van der Waals surface area contributed by atoms with Crippen LogP contribution in [-0.2, 0) is 0 Å². The number of rotatable bonds is 4. The molecule has 0 aliphatic carbocycles. The highest BCUT2D eigenvalue weighted by Crippen LogP contribution is 2.17. The third-order valence-electron chi connectivity index (χ3n) is 3.01. The Labute approximate surface area is 125 Å². The molecule has 0 aromatic heterocycles. The molecule has 0 aliphatic heterocycles. The van der Waals surface area contributed by atoms with Crippen LogP contribution in [0.5, 0.6) is 0 Å². The summed E-state index contributed by atoms with van der Waals surface area (Å²) < 4.78 is 0. The first-order valence-electron chi connectivity index (χ1n) is 7.06. The number of Topliss-reactive ketones (excluding diaryl/α,β-unsaturated/α-hetero) is 1. The maximum absolute atomic E-state index is 11.9. The molecule has 0 saturated heterocycles. The van der Waals surface area contributed by atoms with Crippen molar-refractivity contribution in [1.29, 1.82) is 0 Å². The van der Waals surface area contributed by atoms with Crippen LogP contribution in [0.25, 0.3) is 0 Å². The Kier molecular flexibility index (Phi) is 7.37. The molecule has 0 spiro atoms. The second-order valence-corrected chi connectivity index (χ2v) is 4.80. The molecule has 0 amide bonds. The molecule has 112 valence electrons. The van der Waals surface area contributed by atoms with E-state index in [4.69, 9.17) is 5.11 Å². The number of hydrogen-bond acceptors (Lipinski definition) is 3. The summed E-state index contributed by atoms with van der Waals surface area (Å²) in [6.07, 6.45) is -0.335. The Balaban J connectivity index is 0.000000383. The van der Waals surface area contributed by atoms with Crippen LogP contribution in [0.15, 0.2) is 60.7 Å². The van der Waals surface area contributed by atoms with Gasteiger partial charge in [0, 0.05) is 5.56 Å². The van der Waals surface area contributed by atoms with E-state index in [-0.39, 0.29) is 11.9 Å². The minimum absolute atomic E-state index is 0.116. The van der Waals surface area contributed by atoms with E-state index in [1.165, 1.54) is 0 Å². The predicted octanol–water partition coefficient (Wildman–Crippen LogP) is 3.38. The molecular formula is C18H22O3. The van der Waals surface area contributed by atoms with Gasteiger partial charge in [0.25, 0.3) is 0 Å². The second kappa shape index (κ2) is 9.06. The molecule has 3 nitrogen and oxygen atoms in total. The smallest absolute Gasteiger partial charge is 0.195 e. The summed E-state index contributed by atoms with van der Waals surface area (Å²) in [7, 11) is 0. The molecule has 2 aromatic rings. The van der Waals surface area contributed by atoms with Crippen molar-refractivity contribution in [2.24, 2.45) is 0 Å². The van der Waals surface area contributed by atoms with E-state index in [1.807, 2.05) is 19.1 Å². The van der Waals surface area contributed by atoms with Crippen LogP contribution in [-0.4, -0.2) is 22.1 Å². The normalized spacial score (nSPS) is 12.8. The minimum Gasteiger partial charge on any atom is -0.393 e. The van der Waals surface area contributed by atoms with Crippen LogP contribution in [0.3, 0.4) is 0 Å². The van der Waals surface area contributed by atoms with Gasteiger partial charge in [-0.1, -0.05) is 67.6 Å². The summed E-state index contributed by atoms with van der Waals surface area (Å²) in [5.74, 6) is -0.271. The van der Waals surface area contributed by atoms with Crippen LogP contribution in [0.2, 0.25) is 0 Å². The fourth-order valence-electron chi connectivity index (χ4n) is 1.55. The summed E-state index contributed by atoms with van der Waals surface area (Å²) in [6, 6.07) is 17.7. The molecular weight excluding hydrogens is 264 g/mol. The highest BCUT2D eigenvalue weighted by Gasteiger charge is 2.18. The topological polar surface area (TPSA) is 57.5 Å². The molecule has 2 unspecified atom stereocenters. The maximum atomic E-state index is 11.9. The van der Waals surface area contributed by atoms with Gasteiger partial charge in [-0.25, -0.2) is 0 Å². The molecule has 2 rings (SSSR count). The van der Waals surface area contributed by atoms with Crippen molar-refractivity contribution >= 4 is 5.78 Å². The second-order valence-electron chi connectivity index (χ2n) is 4.80. The van der Waals surface area contributed by atoms with Gasteiger partial charge in [-0.15, -0.1) is 0 Å². The lowest BCUT2D eigenvalue weighted by Crippen LogP contribution is -2.11. The lowest BCUT2D eigenvalue weighted by atomic mass is 10.0. The molecule has 21 heavy (non-hydrogen) atoms. The Hall–Kier alpha value is -1.97. The minimum atomic E-state index is -1.08. The summed E-state index contributed by atoms with van der Waals surface area (Å²) in [4.78, 5) is 11.9. The Morgan fingerprint density at radius 2 is 1.38 bits per heavy atom. The number of aliphatic hydroxyl groups is 2. The fraction of sp³-hybridized carbons (Fsp3) is 0.278. The molecule has 0 heterocycles. The van der Waals surface area contributed by atoms with Crippen molar-refractivity contribution in [1.82, 2.24) is 0 Å². The van der Waals surface area contributed by atoms with Gasteiger partial charge in [-0.2, -0.15) is 0 Å². The first-order valence-corrected chi connectivity index (χ1v) is 7.06. The number of carbonyl (C=O) groups is 1. The van der Waals surface area contributed by atoms with Crippen LogP contribution in [0.1, 0.15) is 42.3 Å². The number of aliphatic hydroxyl groups excluding tert-OH is 2. The van der Waals surface area contributed by atoms with Gasteiger partial charge in [0.05, 0.1) is 6.10 Å². The first kappa shape index (κ1) is 17.1. The van der Waals surface area contributed by atoms with Crippen molar-refractivity contribution in [3.63, 3.8) is 0 Å². The van der Waals surface area contributed by atoms with Crippen molar-refractivity contribution in [3.05, 3.63) is 71.8 Å². The van der Waals surface area contributed by atoms with Gasteiger partial charge in [0.1, 0.15) is 6.10 Å². The van der Waals surface area contributed by atoms with E-state index in [0.717, 1.165) is 6.42 Å². The monoisotopic (exact) mass is 286 g/mol. The molecule has 0 radical (unpaired) electrons. The van der Waals surface area contributed by atoms with Crippen LogP contribution in [0.4, 0.5) is 0 Å². The standard InChI is InChI=1S/C14H12O2.C4H10O/c15-13(11-7-3-1-4-8-11)14(16)12-9-5-2-6-10-12;1-3-4(2)5/h1-10,13,15H;4-5H,3H2,1-2H3. The lowest BCUT2D eigenvalue weighted by Gasteiger charge is -2.09. The summed E-state index contributed by atoms with van der Waals surface area (Å²) >= 11 is 0. The van der Waals surface area contributed by atoms with Crippen LogP contribution < -0.4 is 0 Å². The van der Waals surface area contributed by atoms with Gasteiger partial charge in [0.15, 0.2) is 5.78 Å². The SMILES string of the molecule is CCC(C)O.O=C(c1ccccc1)C(O)c1ccccc1. The zero-order chi connectivity index (χ0) is 15.7. The van der Waals surface area contributed by atoms with Gasteiger partial charge < -0.3 is 10.2 Å². The fourth-order valence-corrected chi connectivity index (χ4v) is 1.55. The Morgan fingerprint density at radius 1 is 0.952 bits per heavy atom. The molecule has 2 atom stereocenters. The van der Waals surface area contributed by atoms with Crippen molar-refractivity contribution in [3.8, 4) is 0 Å². The number of benzene rings is 2. The van der Waals surface area contributed by atoms with E-state index in [1.54, 1.807) is 55.5 Å². The molecule has 0 bridgehead atoms. The zero-order valence-corrected chi connectivity index (χ0v) is 12.4. The molecule has 2 aromatic carbocycles. The zero-order valence-electron chi connectivity index (χ0n) is 12.4. The van der Waals surface area contributed by atoms with Gasteiger partial charge in [-0.3, -0.25) is 4.79 Å². The summed E-state index contributed by atoms with van der Waals surface area (Å²) in [5, 5.41) is 18.3. The summed E-state index contributed by atoms with van der Waals surface area (Å²) in [5.41, 5.74) is 1.15. The average Bonchev–Trinajstić information content (AvgIpc) is 2.55. The third-order valence-corrected chi connectivity index (χ3v) is 3.01. The number of hydrogen-bond donors (Lipinski definition) is 2. The summed E-state index contributed by atoms with van der Waals surface area (Å²) in [6.45, 7) is 3.73. The molecule has 0 aliphatic rings. The van der Waals surface area contributed by atoms with Crippen molar-refractivity contribution < 1.29 is 15.0 Å². The van der Waals surface area contributed by atoms with Crippen LogP contribution in [0, 0.1) is 0 Å². The molecule has 0 saturated carbocycles. The van der Waals surface area contributed by atoms with E-state index < -0.39 is 6.10 Å². The van der Waals surface area contributed by atoms with Gasteiger partial charge in [0.2, 0.25) is 0 Å². The number of ketones is 1. The van der Waals surface area contributed by atoms with Gasteiger partial charge in [-0.05, 0) is 18.9 Å². The van der Waals surface area contributed by atoms with E-state index in [2.05, 4.69) is 0 Å². The molecule has 2 N–H and O–H groups in total. The molecule has 3 heteroatoms. The highest BCUT2D eigenvalue weighted by atomic mass is 16.3. The maximum Gasteiger partial charge on any atom is 0.195 e. The third kappa shape index (κ3) is 5.90. The lowest BCUT2D eigenvalue weighted by molar-refractivity contribution is 0.0747. The van der Waals surface area contributed by atoms with Crippen molar-refractivity contribution in [2.45, 2.75) is 32.5 Å². The predicted molar refractivity (Wildman–Crippen MR) is 84.1 cm³/mol. The van der Waals surface area contributed by atoms with Crippen LogP contribution >= 0.6 is 0 Å². The highest BCUT2D eigenvalue weighted by molar-refractivity contribution is 5.99. The van der Waals surface area contributed by atoms with Gasteiger partial charge >= 0.3 is 0 Å². The Morgan fingerprint density at radius 3 is 1.81 bits per heavy atom. The molecule has 0 fully saturated rings. The largest absolute Gasteiger partial charge is 0.393 e. The van der Waals surface area contributed by atoms with Crippen molar-refractivity contribution in [2.75, 3.05) is 0 Å². The quantitative estimate of drug-likeness (QED) is 0.847.